The van der Waals surface area contributed by atoms with E-state index in [0.29, 0.717) is 24.0 Å². The van der Waals surface area contributed by atoms with Crippen molar-refractivity contribution < 1.29 is 18.7 Å². The van der Waals surface area contributed by atoms with Crippen LogP contribution in [0.5, 0.6) is 5.75 Å². The first kappa shape index (κ1) is 25.1. The zero-order chi connectivity index (χ0) is 24.4. The highest BCUT2D eigenvalue weighted by molar-refractivity contribution is 9.10. The summed E-state index contributed by atoms with van der Waals surface area (Å²) in [5.41, 5.74) is 2.34. The fourth-order valence-corrected chi connectivity index (χ4v) is 5.76. The minimum Gasteiger partial charge on any atom is -0.488 e. The minimum atomic E-state index is -0.345. The maximum absolute atomic E-state index is 13.3. The maximum atomic E-state index is 13.3. The second-order valence-electron chi connectivity index (χ2n) is 8.76. The second kappa shape index (κ2) is 10.7. The lowest BCUT2D eigenvalue weighted by molar-refractivity contribution is 0.0527. The SMILES string of the molecule is CCOC(=O)c1c(CSc2ccc(F)cc2)n(C)c2cc(Br)c(OC3CCN(C(C)C)C3)cc12. The van der Waals surface area contributed by atoms with Gasteiger partial charge in [-0.05, 0) is 79.5 Å². The van der Waals surface area contributed by atoms with Crippen LogP contribution in [0.15, 0.2) is 45.8 Å². The number of aryl methyl sites for hydroxylation is 1. The predicted molar refractivity (Wildman–Crippen MR) is 138 cm³/mol. The minimum absolute atomic E-state index is 0.111. The number of esters is 1. The second-order valence-corrected chi connectivity index (χ2v) is 10.7. The van der Waals surface area contributed by atoms with E-state index in [9.17, 15) is 9.18 Å². The molecule has 0 bridgehead atoms. The molecule has 0 N–H and O–H groups in total. The van der Waals surface area contributed by atoms with Crippen LogP contribution >= 0.6 is 27.7 Å². The van der Waals surface area contributed by atoms with Gasteiger partial charge in [0.1, 0.15) is 17.7 Å². The van der Waals surface area contributed by atoms with Crippen LogP contribution in [0.25, 0.3) is 10.9 Å². The lowest BCUT2D eigenvalue weighted by Crippen LogP contribution is -2.30. The number of hydrogen-bond acceptors (Lipinski definition) is 5. The smallest absolute Gasteiger partial charge is 0.340 e. The Kier molecular flexibility index (Phi) is 7.90. The molecule has 1 saturated heterocycles. The van der Waals surface area contributed by atoms with Crippen LogP contribution in [-0.2, 0) is 17.5 Å². The van der Waals surface area contributed by atoms with Gasteiger partial charge in [-0.3, -0.25) is 4.90 Å². The van der Waals surface area contributed by atoms with E-state index in [1.54, 1.807) is 23.9 Å². The molecule has 4 rings (SSSR count). The van der Waals surface area contributed by atoms with Gasteiger partial charge in [-0.25, -0.2) is 9.18 Å². The van der Waals surface area contributed by atoms with Gasteiger partial charge in [-0.1, -0.05) is 0 Å². The molecular weight excluding hydrogens is 519 g/mol. The highest BCUT2D eigenvalue weighted by Crippen LogP contribution is 2.38. The molecule has 1 aliphatic heterocycles. The number of likely N-dealkylation sites (tertiary alicyclic amines) is 1. The van der Waals surface area contributed by atoms with Crippen molar-refractivity contribution in [1.82, 2.24) is 9.47 Å². The van der Waals surface area contributed by atoms with Gasteiger partial charge >= 0.3 is 5.97 Å². The molecule has 1 aromatic heterocycles. The van der Waals surface area contributed by atoms with Gasteiger partial charge in [0.05, 0.1) is 22.2 Å². The number of nitrogens with zero attached hydrogens (tertiary/aromatic N) is 2. The van der Waals surface area contributed by atoms with E-state index >= 15 is 0 Å². The van der Waals surface area contributed by atoms with Gasteiger partial charge in [-0.2, -0.15) is 0 Å². The maximum Gasteiger partial charge on any atom is 0.340 e. The van der Waals surface area contributed by atoms with E-state index < -0.39 is 0 Å². The van der Waals surface area contributed by atoms with Crippen molar-refractivity contribution in [2.45, 2.75) is 50.0 Å². The average Bonchev–Trinajstić information content (AvgIpc) is 3.37. The fraction of sp³-hybridized carbons (Fsp3) is 0.423. The molecule has 1 atom stereocenters. The summed E-state index contributed by atoms with van der Waals surface area (Å²) in [5, 5.41) is 0.813. The van der Waals surface area contributed by atoms with E-state index in [1.807, 2.05) is 30.7 Å². The molecule has 0 aliphatic carbocycles. The molecular formula is C26H30BrFN2O3S. The first-order chi connectivity index (χ1) is 16.3. The van der Waals surface area contributed by atoms with E-state index in [-0.39, 0.29) is 17.9 Å². The van der Waals surface area contributed by atoms with Crippen molar-refractivity contribution in [1.29, 1.82) is 0 Å². The molecule has 0 saturated carbocycles. The molecule has 2 aromatic carbocycles. The monoisotopic (exact) mass is 548 g/mol. The Morgan fingerprint density at radius 2 is 2.00 bits per heavy atom. The van der Waals surface area contributed by atoms with Gasteiger partial charge in [0.15, 0.2) is 0 Å². The number of rotatable bonds is 8. The van der Waals surface area contributed by atoms with Gasteiger partial charge in [0, 0.05) is 47.9 Å². The summed E-state index contributed by atoms with van der Waals surface area (Å²) in [6.07, 6.45) is 1.08. The zero-order valence-electron chi connectivity index (χ0n) is 19.9. The van der Waals surface area contributed by atoms with Crippen LogP contribution in [-0.4, -0.2) is 47.3 Å². The average molecular weight is 550 g/mol. The lowest BCUT2D eigenvalue weighted by Gasteiger charge is -2.20. The Balaban J connectivity index is 1.68. The summed E-state index contributed by atoms with van der Waals surface area (Å²) >= 11 is 5.23. The van der Waals surface area contributed by atoms with Crippen molar-refractivity contribution >= 4 is 44.6 Å². The topological polar surface area (TPSA) is 43.7 Å². The Morgan fingerprint density at radius 1 is 1.26 bits per heavy atom. The molecule has 34 heavy (non-hydrogen) atoms. The van der Waals surface area contributed by atoms with Crippen LogP contribution in [0.1, 0.15) is 43.2 Å². The van der Waals surface area contributed by atoms with Crippen molar-refractivity contribution in [2.75, 3.05) is 19.7 Å². The molecule has 0 amide bonds. The quantitative estimate of drug-likeness (QED) is 0.240. The van der Waals surface area contributed by atoms with Crippen LogP contribution in [0, 0.1) is 5.82 Å². The Labute approximate surface area is 212 Å². The summed E-state index contributed by atoms with van der Waals surface area (Å²) in [5.74, 6) is 0.669. The number of halogens is 2. The summed E-state index contributed by atoms with van der Waals surface area (Å²) in [6, 6.07) is 10.8. The lowest BCUT2D eigenvalue weighted by atomic mass is 10.1. The molecule has 1 aliphatic rings. The molecule has 8 heteroatoms. The van der Waals surface area contributed by atoms with Crippen molar-refractivity contribution in [2.24, 2.45) is 7.05 Å². The van der Waals surface area contributed by atoms with E-state index in [4.69, 9.17) is 9.47 Å². The third-order valence-electron chi connectivity index (χ3n) is 6.24. The predicted octanol–water partition coefficient (Wildman–Crippen LogP) is 6.41. The van der Waals surface area contributed by atoms with E-state index in [0.717, 1.165) is 51.2 Å². The summed E-state index contributed by atoms with van der Waals surface area (Å²) in [4.78, 5) is 16.4. The number of carbonyl (C=O) groups excluding carboxylic acids is 1. The van der Waals surface area contributed by atoms with Crippen LogP contribution < -0.4 is 4.74 Å². The van der Waals surface area contributed by atoms with Crippen LogP contribution in [0.2, 0.25) is 0 Å². The summed E-state index contributed by atoms with van der Waals surface area (Å²) in [6.45, 7) is 8.42. The molecule has 182 valence electrons. The zero-order valence-corrected chi connectivity index (χ0v) is 22.3. The highest BCUT2D eigenvalue weighted by atomic mass is 79.9. The van der Waals surface area contributed by atoms with Crippen LogP contribution in [0.3, 0.4) is 0 Å². The number of hydrogen-bond donors (Lipinski definition) is 0. The number of thioether (sulfide) groups is 1. The molecule has 5 nitrogen and oxygen atoms in total. The fourth-order valence-electron chi connectivity index (χ4n) is 4.36. The van der Waals surface area contributed by atoms with E-state index in [2.05, 4.69) is 34.7 Å². The molecule has 1 fully saturated rings. The standard InChI is InChI=1S/C26H30BrFN2O3S/c1-5-32-26(31)25-20-12-24(33-18-10-11-30(14-18)16(2)3)21(27)13-22(20)29(4)23(25)15-34-19-8-6-17(28)7-9-19/h6-9,12-13,16,18H,5,10-11,14-15H2,1-4H3. The first-order valence-corrected chi connectivity index (χ1v) is 13.3. The van der Waals surface area contributed by atoms with Crippen molar-refractivity contribution in [3.05, 3.63) is 57.9 Å². The van der Waals surface area contributed by atoms with Crippen molar-refractivity contribution in [3.8, 4) is 5.75 Å². The molecule has 1 unspecified atom stereocenters. The number of aromatic nitrogens is 1. The number of ether oxygens (including phenoxy) is 2. The number of fused-ring (bicyclic) bond motifs is 1. The number of benzene rings is 2. The van der Waals surface area contributed by atoms with Crippen LogP contribution in [0.4, 0.5) is 4.39 Å². The number of carbonyl (C=O) groups is 1. The first-order valence-electron chi connectivity index (χ1n) is 11.6. The van der Waals surface area contributed by atoms with Crippen molar-refractivity contribution in [3.63, 3.8) is 0 Å². The Morgan fingerprint density at radius 3 is 2.65 bits per heavy atom. The Bertz CT molecular complexity index is 1180. The molecule has 3 aromatic rings. The third-order valence-corrected chi connectivity index (χ3v) is 7.89. The normalized spacial score (nSPS) is 16.5. The van der Waals surface area contributed by atoms with Gasteiger partial charge in [0.2, 0.25) is 0 Å². The highest BCUT2D eigenvalue weighted by Gasteiger charge is 2.28. The molecule has 0 spiro atoms. The summed E-state index contributed by atoms with van der Waals surface area (Å²) < 4.78 is 28.0. The largest absolute Gasteiger partial charge is 0.488 e. The Hall–Kier alpha value is -2.03. The molecule has 0 radical (unpaired) electrons. The molecule has 2 heterocycles. The van der Waals surface area contributed by atoms with E-state index in [1.165, 1.54) is 12.1 Å². The summed E-state index contributed by atoms with van der Waals surface area (Å²) in [7, 11) is 1.95. The third kappa shape index (κ3) is 5.29. The van der Waals surface area contributed by atoms with Gasteiger partial charge in [-0.15, -0.1) is 11.8 Å². The van der Waals surface area contributed by atoms with Gasteiger partial charge < -0.3 is 14.0 Å². The van der Waals surface area contributed by atoms with Gasteiger partial charge in [0.25, 0.3) is 0 Å².